The minimum Gasteiger partial charge on any atom is -0.503 e. The van der Waals surface area contributed by atoms with Crippen molar-refractivity contribution >= 4 is 6.16 Å². The third kappa shape index (κ3) is 2.30. The molecular formula is C9H12N2O5. The summed E-state index contributed by atoms with van der Waals surface area (Å²) in [6, 6.07) is 0. The summed E-state index contributed by atoms with van der Waals surface area (Å²) in [5, 5.41) is 13.2. The highest BCUT2D eigenvalue weighted by Crippen LogP contribution is 2.23. The molecular weight excluding hydrogens is 216 g/mol. The molecule has 0 aliphatic rings. The van der Waals surface area contributed by atoms with Crippen molar-refractivity contribution in [1.82, 2.24) is 9.78 Å². The highest BCUT2D eigenvalue weighted by molar-refractivity contribution is 5.65. The average Bonchev–Trinajstić information content (AvgIpc) is 2.22. The molecule has 7 heteroatoms. The summed E-state index contributed by atoms with van der Waals surface area (Å²) < 4.78 is 10.1. The summed E-state index contributed by atoms with van der Waals surface area (Å²) in [7, 11) is 1.38. The van der Waals surface area contributed by atoms with Crippen LogP contribution >= 0.6 is 0 Å². The van der Waals surface area contributed by atoms with Gasteiger partial charge in [0, 0.05) is 7.05 Å². The zero-order chi connectivity index (χ0) is 12.3. The SMILES string of the molecule is CCOC(=O)Oc1c(O)c(C)nn(C)c1=O. The van der Waals surface area contributed by atoms with E-state index in [4.69, 9.17) is 0 Å². The van der Waals surface area contributed by atoms with E-state index in [9.17, 15) is 14.7 Å². The Bertz CT molecular complexity index is 466. The highest BCUT2D eigenvalue weighted by atomic mass is 16.7. The lowest BCUT2D eigenvalue weighted by Gasteiger charge is -2.08. The monoisotopic (exact) mass is 228 g/mol. The molecule has 0 spiro atoms. The van der Waals surface area contributed by atoms with Gasteiger partial charge in [0.15, 0.2) is 5.75 Å². The van der Waals surface area contributed by atoms with Crippen molar-refractivity contribution in [2.24, 2.45) is 7.05 Å². The van der Waals surface area contributed by atoms with Crippen molar-refractivity contribution < 1.29 is 19.4 Å². The predicted molar refractivity (Wildman–Crippen MR) is 53.5 cm³/mol. The Morgan fingerprint density at radius 1 is 1.56 bits per heavy atom. The van der Waals surface area contributed by atoms with Gasteiger partial charge >= 0.3 is 11.7 Å². The maximum Gasteiger partial charge on any atom is 0.514 e. The normalized spacial score (nSPS) is 9.94. The number of carbonyl (C=O) groups is 1. The zero-order valence-corrected chi connectivity index (χ0v) is 9.18. The van der Waals surface area contributed by atoms with Crippen LogP contribution < -0.4 is 10.3 Å². The Balaban J connectivity index is 3.13. The van der Waals surface area contributed by atoms with Crippen LogP contribution in [0.2, 0.25) is 0 Å². The second-order valence-electron chi connectivity index (χ2n) is 2.98. The standard InChI is InChI=1S/C9H12N2O5/c1-4-15-9(14)16-7-6(12)5(2)10-11(3)8(7)13/h12H,4H2,1-3H3. The molecule has 88 valence electrons. The van der Waals surface area contributed by atoms with Gasteiger partial charge in [-0.1, -0.05) is 0 Å². The second-order valence-corrected chi connectivity index (χ2v) is 2.98. The number of carbonyl (C=O) groups excluding carboxylic acids is 1. The number of nitrogens with zero attached hydrogens (tertiary/aromatic N) is 2. The molecule has 1 aromatic rings. The van der Waals surface area contributed by atoms with E-state index in [0.29, 0.717) is 0 Å². The van der Waals surface area contributed by atoms with Crippen molar-refractivity contribution in [3.63, 3.8) is 0 Å². The summed E-state index contributed by atoms with van der Waals surface area (Å²) >= 11 is 0. The van der Waals surface area contributed by atoms with Crippen LogP contribution in [-0.2, 0) is 11.8 Å². The lowest BCUT2D eigenvalue weighted by atomic mass is 10.3. The van der Waals surface area contributed by atoms with E-state index < -0.39 is 23.2 Å². The Morgan fingerprint density at radius 3 is 2.75 bits per heavy atom. The van der Waals surface area contributed by atoms with Gasteiger partial charge in [0.05, 0.1) is 6.61 Å². The zero-order valence-electron chi connectivity index (χ0n) is 9.18. The van der Waals surface area contributed by atoms with E-state index >= 15 is 0 Å². The summed E-state index contributed by atoms with van der Waals surface area (Å²) in [4.78, 5) is 22.5. The summed E-state index contributed by atoms with van der Waals surface area (Å²) in [5.41, 5.74) is -0.530. The fourth-order valence-electron chi connectivity index (χ4n) is 1.05. The van der Waals surface area contributed by atoms with Crippen molar-refractivity contribution in [2.75, 3.05) is 6.61 Å². The van der Waals surface area contributed by atoms with Crippen molar-refractivity contribution in [1.29, 1.82) is 0 Å². The van der Waals surface area contributed by atoms with Gasteiger partial charge in [0.1, 0.15) is 5.69 Å². The summed E-state index contributed by atoms with van der Waals surface area (Å²) in [6.07, 6.45) is -1.04. The van der Waals surface area contributed by atoms with Crippen LogP contribution in [0, 0.1) is 6.92 Å². The average molecular weight is 228 g/mol. The molecule has 0 aliphatic carbocycles. The highest BCUT2D eigenvalue weighted by Gasteiger charge is 2.18. The minimum absolute atomic E-state index is 0.115. The molecule has 0 saturated carbocycles. The molecule has 1 N–H and O–H groups in total. The molecule has 0 radical (unpaired) electrons. The van der Waals surface area contributed by atoms with Gasteiger partial charge in [-0.3, -0.25) is 4.79 Å². The first kappa shape index (κ1) is 12.0. The van der Waals surface area contributed by atoms with Gasteiger partial charge in [-0.15, -0.1) is 0 Å². The first-order valence-corrected chi connectivity index (χ1v) is 4.58. The molecule has 1 aromatic heterocycles. The first-order valence-electron chi connectivity index (χ1n) is 4.58. The second kappa shape index (κ2) is 4.65. The van der Waals surface area contributed by atoms with Crippen LogP contribution in [-0.4, -0.2) is 27.6 Å². The van der Waals surface area contributed by atoms with E-state index in [0.717, 1.165) is 4.68 Å². The van der Waals surface area contributed by atoms with Crippen LogP contribution in [0.4, 0.5) is 4.79 Å². The van der Waals surface area contributed by atoms with E-state index in [1.54, 1.807) is 6.92 Å². The molecule has 0 bridgehead atoms. The van der Waals surface area contributed by atoms with Gasteiger partial charge in [-0.05, 0) is 13.8 Å². The van der Waals surface area contributed by atoms with Gasteiger partial charge in [-0.25, -0.2) is 9.48 Å². The molecule has 1 heterocycles. The molecule has 16 heavy (non-hydrogen) atoms. The van der Waals surface area contributed by atoms with E-state index in [1.165, 1.54) is 14.0 Å². The van der Waals surface area contributed by atoms with E-state index in [-0.39, 0.29) is 12.3 Å². The topological polar surface area (TPSA) is 90.7 Å². The third-order valence-corrected chi connectivity index (χ3v) is 1.79. The van der Waals surface area contributed by atoms with E-state index in [1.807, 2.05) is 0 Å². The Morgan fingerprint density at radius 2 is 2.19 bits per heavy atom. The van der Waals surface area contributed by atoms with E-state index in [2.05, 4.69) is 14.6 Å². The van der Waals surface area contributed by atoms with Crippen molar-refractivity contribution in [3.8, 4) is 11.5 Å². The predicted octanol–water partition coefficient (Wildman–Crippen LogP) is 0.330. The number of hydrogen-bond acceptors (Lipinski definition) is 6. The van der Waals surface area contributed by atoms with Crippen LogP contribution in [0.15, 0.2) is 4.79 Å². The lowest BCUT2D eigenvalue weighted by Crippen LogP contribution is -2.25. The fourth-order valence-corrected chi connectivity index (χ4v) is 1.05. The number of aromatic hydroxyl groups is 1. The van der Waals surface area contributed by atoms with Crippen molar-refractivity contribution in [2.45, 2.75) is 13.8 Å². The maximum atomic E-state index is 11.5. The molecule has 7 nitrogen and oxygen atoms in total. The van der Waals surface area contributed by atoms with Gasteiger partial charge < -0.3 is 14.6 Å². The van der Waals surface area contributed by atoms with Crippen LogP contribution in [0.1, 0.15) is 12.6 Å². The summed E-state index contributed by atoms with van der Waals surface area (Å²) in [5.74, 6) is -0.940. The molecule has 0 saturated heterocycles. The molecule has 0 fully saturated rings. The maximum absolute atomic E-state index is 11.5. The largest absolute Gasteiger partial charge is 0.514 e. The van der Waals surface area contributed by atoms with Crippen LogP contribution in [0.25, 0.3) is 0 Å². The molecule has 0 amide bonds. The Kier molecular flexibility index (Phi) is 3.49. The molecule has 1 rings (SSSR count). The molecule has 0 atom stereocenters. The molecule has 0 unspecified atom stereocenters. The van der Waals surface area contributed by atoms with Gasteiger partial charge in [0.25, 0.3) is 0 Å². The quantitative estimate of drug-likeness (QED) is 0.733. The van der Waals surface area contributed by atoms with Gasteiger partial charge in [-0.2, -0.15) is 5.10 Å². The molecule has 0 aromatic carbocycles. The van der Waals surface area contributed by atoms with Crippen LogP contribution in [0.3, 0.4) is 0 Å². The Labute approximate surface area is 91.2 Å². The third-order valence-electron chi connectivity index (χ3n) is 1.79. The number of rotatable bonds is 2. The minimum atomic E-state index is -1.04. The summed E-state index contributed by atoms with van der Waals surface area (Å²) in [6.45, 7) is 3.19. The number of hydrogen-bond donors (Lipinski definition) is 1. The van der Waals surface area contributed by atoms with Crippen LogP contribution in [0.5, 0.6) is 11.5 Å². The molecule has 0 aliphatic heterocycles. The number of aryl methyl sites for hydroxylation is 2. The number of ether oxygens (including phenoxy) is 2. The fraction of sp³-hybridized carbons (Fsp3) is 0.444. The smallest absolute Gasteiger partial charge is 0.503 e. The number of aromatic nitrogens is 2. The Hall–Kier alpha value is -2.05. The lowest BCUT2D eigenvalue weighted by molar-refractivity contribution is 0.102. The van der Waals surface area contributed by atoms with Crippen molar-refractivity contribution in [3.05, 3.63) is 16.0 Å². The first-order chi connectivity index (χ1) is 7.47. The van der Waals surface area contributed by atoms with Gasteiger partial charge in [0.2, 0.25) is 5.75 Å².